The molecule has 0 radical (unpaired) electrons. The van der Waals surface area contributed by atoms with E-state index < -0.39 is 5.51 Å². The van der Waals surface area contributed by atoms with E-state index in [2.05, 4.69) is 0 Å². The molecule has 1 aromatic carbocycles. The number of hydrogen-bond acceptors (Lipinski definition) is 2. The topological polar surface area (TPSA) is 0 Å². The molecular formula is C12H9F3S2. The second-order valence-corrected chi connectivity index (χ2v) is 5.91. The lowest BCUT2D eigenvalue weighted by molar-refractivity contribution is -0.0328. The highest BCUT2D eigenvalue weighted by atomic mass is 32.2. The lowest BCUT2D eigenvalue weighted by Crippen LogP contribution is -1.98. The molecule has 0 atom stereocenters. The molecule has 0 amide bonds. The highest BCUT2D eigenvalue weighted by Crippen LogP contribution is 2.37. The molecule has 0 bridgehead atoms. The van der Waals surface area contributed by atoms with Gasteiger partial charge in [-0.1, -0.05) is 12.1 Å². The van der Waals surface area contributed by atoms with Crippen LogP contribution < -0.4 is 0 Å². The monoisotopic (exact) mass is 274 g/mol. The van der Waals surface area contributed by atoms with Crippen LogP contribution in [0, 0.1) is 6.92 Å². The predicted molar refractivity (Wildman–Crippen MR) is 66.4 cm³/mol. The molecule has 0 fully saturated rings. The summed E-state index contributed by atoms with van der Waals surface area (Å²) < 4.78 is 36.4. The lowest BCUT2D eigenvalue weighted by atomic mass is 10.2. The standard InChI is InChI=1S/C12H9F3S2/c1-8-2-7-11(16-8)9-3-5-10(6-4-9)17-12(13,14)15/h2-7H,1H3. The van der Waals surface area contributed by atoms with Gasteiger partial charge in [0.1, 0.15) is 0 Å². The van der Waals surface area contributed by atoms with E-state index in [-0.39, 0.29) is 16.7 Å². The Balaban J connectivity index is 2.19. The van der Waals surface area contributed by atoms with Crippen molar-refractivity contribution in [2.75, 3.05) is 0 Å². The Morgan fingerprint density at radius 3 is 2.12 bits per heavy atom. The summed E-state index contributed by atoms with van der Waals surface area (Å²) in [6, 6.07) is 10.4. The minimum absolute atomic E-state index is 0.0868. The van der Waals surface area contributed by atoms with E-state index in [1.54, 1.807) is 23.5 Å². The summed E-state index contributed by atoms with van der Waals surface area (Å²) in [4.78, 5) is 2.48. The van der Waals surface area contributed by atoms with E-state index in [0.717, 1.165) is 10.4 Å². The van der Waals surface area contributed by atoms with Crippen molar-refractivity contribution in [1.82, 2.24) is 0 Å². The van der Waals surface area contributed by atoms with Gasteiger partial charge in [-0.3, -0.25) is 0 Å². The molecule has 0 aliphatic heterocycles. The summed E-state index contributed by atoms with van der Waals surface area (Å²) >= 11 is 1.54. The first-order valence-electron chi connectivity index (χ1n) is 4.87. The second kappa shape index (κ2) is 4.74. The fourth-order valence-corrected chi connectivity index (χ4v) is 2.82. The Bertz CT molecular complexity index is 497. The number of thiophene rings is 1. The average molecular weight is 274 g/mol. The average Bonchev–Trinajstić information content (AvgIpc) is 2.63. The lowest BCUT2D eigenvalue weighted by Gasteiger charge is -2.05. The minimum Gasteiger partial charge on any atom is -0.160 e. The second-order valence-electron chi connectivity index (χ2n) is 3.48. The number of halogens is 3. The largest absolute Gasteiger partial charge is 0.446 e. The van der Waals surface area contributed by atoms with E-state index in [9.17, 15) is 13.2 Å². The maximum Gasteiger partial charge on any atom is 0.446 e. The fourth-order valence-electron chi connectivity index (χ4n) is 1.41. The van der Waals surface area contributed by atoms with E-state index in [4.69, 9.17) is 0 Å². The molecule has 0 saturated carbocycles. The van der Waals surface area contributed by atoms with Gasteiger partial charge in [-0.2, -0.15) is 13.2 Å². The fraction of sp³-hybridized carbons (Fsp3) is 0.167. The molecule has 0 aliphatic carbocycles. The van der Waals surface area contributed by atoms with Gasteiger partial charge < -0.3 is 0 Å². The number of hydrogen-bond donors (Lipinski definition) is 0. The minimum atomic E-state index is -4.22. The molecule has 0 saturated heterocycles. The number of rotatable bonds is 2. The first-order chi connectivity index (χ1) is 7.94. The van der Waals surface area contributed by atoms with Gasteiger partial charge in [-0.25, -0.2) is 0 Å². The Hall–Kier alpha value is -0.940. The smallest absolute Gasteiger partial charge is 0.160 e. The summed E-state index contributed by atoms with van der Waals surface area (Å²) in [5.74, 6) is 0. The van der Waals surface area contributed by atoms with Gasteiger partial charge in [-0.15, -0.1) is 11.3 Å². The van der Waals surface area contributed by atoms with Crippen LogP contribution in [-0.2, 0) is 0 Å². The maximum absolute atomic E-state index is 12.1. The molecule has 17 heavy (non-hydrogen) atoms. The van der Waals surface area contributed by atoms with Crippen molar-refractivity contribution in [1.29, 1.82) is 0 Å². The molecule has 0 N–H and O–H groups in total. The first kappa shape index (κ1) is 12.5. The van der Waals surface area contributed by atoms with Gasteiger partial charge in [0.25, 0.3) is 0 Å². The predicted octanol–water partition coefficient (Wildman–Crippen LogP) is 5.34. The summed E-state index contributed by atoms with van der Waals surface area (Å²) in [5.41, 5.74) is -3.27. The number of benzene rings is 1. The van der Waals surface area contributed by atoms with E-state index in [1.165, 1.54) is 17.0 Å². The van der Waals surface area contributed by atoms with Crippen LogP contribution in [0.3, 0.4) is 0 Å². The molecule has 5 heteroatoms. The van der Waals surface area contributed by atoms with Gasteiger partial charge in [0.2, 0.25) is 0 Å². The third kappa shape index (κ3) is 3.51. The maximum atomic E-state index is 12.1. The quantitative estimate of drug-likeness (QED) is 0.666. The highest BCUT2D eigenvalue weighted by Gasteiger charge is 2.28. The molecule has 0 spiro atoms. The first-order valence-corrected chi connectivity index (χ1v) is 6.50. The van der Waals surface area contributed by atoms with E-state index >= 15 is 0 Å². The van der Waals surface area contributed by atoms with Crippen LogP contribution in [0.25, 0.3) is 10.4 Å². The third-order valence-corrected chi connectivity index (χ3v) is 3.90. The van der Waals surface area contributed by atoms with E-state index in [1.807, 2.05) is 19.1 Å². The van der Waals surface area contributed by atoms with Crippen LogP contribution in [0.2, 0.25) is 0 Å². The Labute approximate surface area is 105 Å². The van der Waals surface area contributed by atoms with Crippen LogP contribution in [0.1, 0.15) is 4.88 Å². The zero-order valence-electron chi connectivity index (χ0n) is 8.91. The summed E-state index contributed by atoms with van der Waals surface area (Å²) in [6.07, 6.45) is 0. The number of aryl methyl sites for hydroxylation is 1. The van der Waals surface area contributed by atoms with Gasteiger partial charge in [0, 0.05) is 14.6 Å². The zero-order chi connectivity index (χ0) is 12.5. The molecule has 2 aromatic rings. The van der Waals surface area contributed by atoms with Crippen LogP contribution in [0.4, 0.5) is 13.2 Å². The molecule has 2 rings (SSSR count). The van der Waals surface area contributed by atoms with Crippen LogP contribution in [0.15, 0.2) is 41.3 Å². The van der Waals surface area contributed by atoms with Gasteiger partial charge in [0.15, 0.2) is 0 Å². The Morgan fingerprint density at radius 1 is 1.00 bits per heavy atom. The van der Waals surface area contributed by atoms with Gasteiger partial charge in [-0.05, 0) is 48.5 Å². The van der Waals surface area contributed by atoms with Crippen molar-refractivity contribution in [3.05, 3.63) is 41.3 Å². The molecule has 90 valence electrons. The molecular weight excluding hydrogens is 265 g/mol. The Kier molecular flexibility index (Phi) is 3.49. The van der Waals surface area contributed by atoms with Crippen LogP contribution >= 0.6 is 23.1 Å². The summed E-state index contributed by atoms with van der Waals surface area (Å²) in [7, 11) is 0. The molecule has 0 unspecified atom stereocenters. The number of thioether (sulfide) groups is 1. The van der Waals surface area contributed by atoms with Crippen molar-refractivity contribution in [3.8, 4) is 10.4 Å². The van der Waals surface area contributed by atoms with Gasteiger partial charge in [0.05, 0.1) is 0 Å². The van der Waals surface area contributed by atoms with Crippen molar-refractivity contribution >= 4 is 23.1 Å². The Morgan fingerprint density at radius 2 is 1.65 bits per heavy atom. The highest BCUT2D eigenvalue weighted by molar-refractivity contribution is 8.00. The van der Waals surface area contributed by atoms with Crippen molar-refractivity contribution in [3.63, 3.8) is 0 Å². The van der Waals surface area contributed by atoms with Gasteiger partial charge >= 0.3 is 5.51 Å². The molecule has 0 aliphatic rings. The summed E-state index contributed by atoms with van der Waals surface area (Å²) in [6.45, 7) is 2.00. The third-order valence-electron chi connectivity index (χ3n) is 2.11. The van der Waals surface area contributed by atoms with Crippen molar-refractivity contribution in [2.24, 2.45) is 0 Å². The molecule has 0 nitrogen and oxygen atoms in total. The van der Waals surface area contributed by atoms with Crippen LogP contribution in [0.5, 0.6) is 0 Å². The SMILES string of the molecule is Cc1ccc(-c2ccc(SC(F)(F)F)cc2)s1. The molecule has 1 heterocycles. The zero-order valence-corrected chi connectivity index (χ0v) is 10.5. The van der Waals surface area contributed by atoms with Crippen LogP contribution in [-0.4, -0.2) is 5.51 Å². The van der Waals surface area contributed by atoms with E-state index in [0.29, 0.717) is 0 Å². The van der Waals surface area contributed by atoms with Crippen molar-refractivity contribution in [2.45, 2.75) is 17.3 Å². The number of alkyl halides is 3. The summed E-state index contributed by atoms with van der Waals surface area (Å²) in [5, 5.41) is 0. The van der Waals surface area contributed by atoms with Crippen molar-refractivity contribution < 1.29 is 13.2 Å². The normalized spacial score (nSPS) is 11.8. The molecule has 1 aromatic heterocycles.